The van der Waals surface area contributed by atoms with Crippen molar-refractivity contribution in [2.45, 2.75) is 4.90 Å². The second-order valence-corrected chi connectivity index (χ2v) is 7.52. The third-order valence-electron chi connectivity index (χ3n) is 3.16. The van der Waals surface area contributed by atoms with E-state index in [9.17, 15) is 13.2 Å². The highest BCUT2D eigenvalue weighted by Crippen LogP contribution is 2.12. The average molecular weight is 378 g/mol. The first-order valence-corrected chi connectivity index (χ1v) is 9.16. The molecule has 132 valence electrons. The van der Waals surface area contributed by atoms with Gasteiger partial charge in [0.05, 0.1) is 11.4 Å². The van der Waals surface area contributed by atoms with Gasteiger partial charge in [0.2, 0.25) is 10.0 Å². The van der Waals surface area contributed by atoms with Gasteiger partial charge in [-0.2, -0.15) is 4.31 Å². The number of para-hydroxylation sites is 1. The number of likely N-dealkylation sites (N-methyl/N-ethyl adjacent to an activating group) is 1. The molecule has 0 aromatic heterocycles. The minimum absolute atomic E-state index is 0.125. The quantitative estimate of drug-likeness (QED) is 0.537. The Bertz CT molecular complexity index is 827. The van der Waals surface area contributed by atoms with Gasteiger partial charge in [-0.1, -0.05) is 36.4 Å². The Kier molecular flexibility index (Phi) is 6.45. The molecule has 3 N–H and O–H groups in total. The van der Waals surface area contributed by atoms with Crippen molar-refractivity contribution in [3.63, 3.8) is 0 Å². The van der Waals surface area contributed by atoms with Crippen LogP contribution in [-0.4, -0.2) is 37.3 Å². The molecule has 2 aromatic rings. The first-order valence-electron chi connectivity index (χ1n) is 7.32. The topological polar surface area (TPSA) is 90.5 Å². The first-order chi connectivity index (χ1) is 11.9. The summed E-state index contributed by atoms with van der Waals surface area (Å²) < 4.78 is 25.6. The number of hydrogen-bond donors (Lipinski definition) is 3. The lowest BCUT2D eigenvalue weighted by Crippen LogP contribution is -2.48. The number of carbonyl (C=O) groups is 1. The molecule has 0 fully saturated rings. The number of hydrazine groups is 1. The van der Waals surface area contributed by atoms with E-state index in [0.29, 0.717) is 0 Å². The Balaban J connectivity index is 1.84. The van der Waals surface area contributed by atoms with Gasteiger partial charge in [0.1, 0.15) is 0 Å². The molecule has 0 spiro atoms. The highest BCUT2D eigenvalue weighted by Gasteiger charge is 2.22. The summed E-state index contributed by atoms with van der Waals surface area (Å²) in [7, 11) is -2.39. The summed E-state index contributed by atoms with van der Waals surface area (Å²) >= 11 is 5.05. The van der Waals surface area contributed by atoms with Gasteiger partial charge < -0.3 is 5.32 Å². The summed E-state index contributed by atoms with van der Waals surface area (Å²) in [5, 5.41) is 3.07. The van der Waals surface area contributed by atoms with Crippen molar-refractivity contribution in [3.05, 3.63) is 60.7 Å². The van der Waals surface area contributed by atoms with Crippen molar-refractivity contribution in [2.24, 2.45) is 0 Å². The highest BCUT2D eigenvalue weighted by molar-refractivity contribution is 7.89. The Morgan fingerprint density at radius 1 is 1.00 bits per heavy atom. The fourth-order valence-corrected chi connectivity index (χ4v) is 3.23. The summed E-state index contributed by atoms with van der Waals surface area (Å²) in [6.07, 6.45) is 0. The van der Waals surface area contributed by atoms with Crippen LogP contribution in [0.15, 0.2) is 65.6 Å². The molecule has 0 heterocycles. The lowest BCUT2D eigenvalue weighted by molar-refractivity contribution is -0.121. The standard InChI is InChI=1S/C16H18N4O3S2/c1-20(25(22,23)14-10-6-3-7-11-14)12-15(21)18-19-16(24)17-13-8-4-2-5-9-13/h2-11H,12H2,1H3,(H,18,21)(H2,17,19,24). The van der Waals surface area contributed by atoms with Crippen LogP contribution < -0.4 is 16.2 Å². The van der Waals surface area contributed by atoms with Crippen LogP contribution in [0.2, 0.25) is 0 Å². The van der Waals surface area contributed by atoms with Crippen LogP contribution in [0.5, 0.6) is 0 Å². The zero-order valence-electron chi connectivity index (χ0n) is 13.5. The number of thiocarbonyl (C=S) groups is 1. The zero-order chi connectivity index (χ0) is 18.3. The smallest absolute Gasteiger partial charge is 0.253 e. The van der Waals surface area contributed by atoms with Crippen LogP contribution in [0.4, 0.5) is 5.69 Å². The maximum Gasteiger partial charge on any atom is 0.253 e. The monoisotopic (exact) mass is 378 g/mol. The zero-order valence-corrected chi connectivity index (χ0v) is 15.1. The third kappa shape index (κ3) is 5.52. The van der Waals surface area contributed by atoms with Gasteiger partial charge in [0.25, 0.3) is 5.91 Å². The predicted octanol–water partition coefficient (Wildman–Crippen LogP) is 1.32. The molecule has 7 nitrogen and oxygen atoms in total. The molecule has 25 heavy (non-hydrogen) atoms. The third-order valence-corrected chi connectivity index (χ3v) is 5.19. The molecule has 2 aromatic carbocycles. The maximum atomic E-state index is 12.3. The van der Waals surface area contributed by atoms with E-state index >= 15 is 0 Å². The van der Waals surface area contributed by atoms with Gasteiger partial charge in [0.15, 0.2) is 5.11 Å². The molecule has 0 unspecified atom stereocenters. The van der Waals surface area contributed by atoms with Crippen molar-refractivity contribution in [1.82, 2.24) is 15.2 Å². The predicted molar refractivity (Wildman–Crippen MR) is 100 cm³/mol. The minimum atomic E-state index is -3.72. The average Bonchev–Trinajstić information content (AvgIpc) is 2.61. The fourth-order valence-electron chi connectivity index (χ4n) is 1.91. The SMILES string of the molecule is CN(CC(=O)NNC(=S)Nc1ccccc1)S(=O)(=O)c1ccccc1. The number of anilines is 1. The Labute approximate surface area is 152 Å². The molecule has 1 amide bonds. The van der Waals surface area contributed by atoms with Crippen LogP contribution in [0.1, 0.15) is 0 Å². The lowest BCUT2D eigenvalue weighted by atomic mass is 10.3. The van der Waals surface area contributed by atoms with Gasteiger partial charge >= 0.3 is 0 Å². The molecule has 0 radical (unpaired) electrons. The summed E-state index contributed by atoms with van der Waals surface area (Å²) in [5.74, 6) is -0.542. The van der Waals surface area contributed by atoms with E-state index in [1.165, 1.54) is 19.2 Å². The van der Waals surface area contributed by atoms with Gasteiger partial charge in [-0.3, -0.25) is 15.6 Å². The Morgan fingerprint density at radius 2 is 1.56 bits per heavy atom. The van der Waals surface area contributed by atoms with E-state index in [2.05, 4.69) is 16.2 Å². The molecule has 0 saturated heterocycles. The second kappa shape index (κ2) is 8.56. The van der Waals surface area contributed by atoms with Crippen molar-refractivity contribution in [3.8, 4) is 0 Å². The lowest BCUT2D eigenvalue weighted by Gasteiger charge is -2.17. The number of benzene rings is 2. The van der Waals surface area contributed by atoms with E-state index < -0.39 is 15.9 Å². The number of nitrogens with one attached hydrogen (secondary N) is 3. The molecule has 0 bridgehead atoms. The van der Waals surface area contributed by atoms with Crippen LogP contribution in [0.25, 0.3) is 0 Å². The number of sulfonamides is 1. The van der Waals surface area contributed by atoms with Gasteiger partial charge in [-0.05, 0) is 36.5 Å². The minimum Gasteiger partial charge on any atom is -0.331 e. The van der Waals surface area contributed by atoms with E-state index in [0.717, 1.165) is 9.99 Å². The highest BCUT2D eigenvalue weighted by atomic mass is 32.2. The van der Waals surface area contributed by atoms with Gasteiger partial charge in [-0.15, -0.1) is 0 Å². The second-order valence-electron chi connectivity index (χ2n) is 5.07. The number of hydrogen-bond acceptors (Lipinski definition) is 4. The molecule has 9 heteroatoms. The van der Waals surface area contributed by atoms with Gasteiger partial charge in [-0.25, -0.2) is 8.42 Å². The van der Waals surface area contributed by atoms with Crippen molar-refractivity contribution in [2.75, 3.05) is 18.9 Å². The fraction of sp³-hybridized carbons (Fsp3) is 0.125. The first kappa shape index (κ1) is 18.8. The molecule has 2 rings (SSSR count). The molecule has 0 aliphatic heterocycles. The number of rotatable bonds is 5. The Morgan fingerprint density at radius 3 is 2.16 bits per heavy atom. The van der Waals surface area contributed by atoms with Crippen molar-refractivity contribution in [1.29, 1.82) is 0 Å². The summed E-state index contributed by atoms with van der Waals surface area (Å²) in [6.45, 7) is -0.349. The van der Waals surface area contributed by atoms with E-state index in [1.807, 2.05) is 30.3 Å². The maximum absolute atomic E-state index is 12.3. The largest absolute Gasteiger partial charge is 0.331 e. The summed E-state index contributed by atoms with van der Waals surface area (Å²) in [6, 6.07) is 17.1. The number of amides is 1. The van der Waals surface area contributed by atoms with Crippen molar-refractivity contribution < 1.29 is 13.2 Å². The molecular formula is C16H18N4O3S2. The van der Waals surface area contributed by atoms with Crippen LogP contribution in [-0.2, 0) is 14.8 Å². The normalized spacial score (nSPS) is 11.0. The summed E-state index contributed by atoms with van der Waals surface area (Å²) in [5.41, 5.74) is 5.65. The molecule has 0 aliphatic rings. The van der Waals surface area contributed by atoms with E-state index in [4.69, 9.17) is 12.2 Å². The van der Waals surface area contributed by atoms with Crippen LogP contribution >= 0.6 is 12.2 Å². The van der Waals surface area contributed by atoms with Gasteiger partial charge in [0, 0.05) is 12.7 Å². The Hall–Kier alpha value is -2.49. The molecule has 0 aliphatic carbocycles. The van der Waals surface area contributed by atoms with Crippen molar-refractivity contribution >= 4 is 38.9 Å². The molecule has 0 saturated carbocycles. The molecular weight excluding hydrogens is 360 g/mol. The number of carbonyl (C=O) groups excluding carboxylic acids is 1. The number of nitrogens with zero attached hydrogens (tertiary/aromatic N) is 1. The molecule has 0 atom stereocenters. The van der Waals surface area contributed by atoms with E-state index in [1.54, 1.807) is 18.2 Å². The van der Waals surface area contributed by atoms with Crippen LogP contribution in [0.3, 0.4) is 0 Å². The van der Waals surface area contributed by atoms with Crippen LogP contribution in [0, 0.1) is 0 Å². The van der Waals surface area contributed by atoms with E-state index in [-0.39, 0.29) is 16.6 Å². The summed E-state index contributed by atoms with van der Waals surface area (Å²) in [4.78, 5) is 12.0.